The van der Waals surface area contributed by atoms with Gasteiger partial charge in [0.25, 0.3) is 0 Å². The van der Waals surface area contributed by atoms with Crippen molar-refractivity contribution in [1.82, 2.24) is 4.90 Å². The number of hydrogen-bond donors (Lipinski definition) is 1. The van der Waals surface area contributed by atoms with Crippen molar-refractivity contribution in [2.24, 2.45) is 0 Å². The van der Waals surface area contributed by atoms with Crippen molar-refractivity contribution in [1.29, 1.82) is 0 Å². The molecule has 1 N–H and O–H groups in total. The van der Waals surface area contributed by atoms with Gasteiger partial charge in [-0.15, -0.1) is 0 Å². The first-order valence-corrected chi connectivity index (χ1v) is 4.56. The summed E-state index contributed by atoms with van der Waals surface area (Å²) in [6.07, 6.45) is 1.04. The van der Waals surface area contributed by atoms with Gasteiger partial charge in [-0.3, -0.25) is 0 Å². The number of aliphatic hydroxyl groups excluding tert-OH is 1. The minimum absolute atomic E-state index is 0.135. The molecular formula is C11H17NO. The van der Waals surface area contributed by atoms with E-state index < -0.39 is 0 Å². The Labute approximate surface area is 79.8 Å². The van der Waals surface area contributed by atoms with E-state index in [4.69, 9.17) is 5.11 Å². The first-order valence-electron chi connectivity index (χ1n) is 4.56. The van der Waals surface area contributed by atoms with Crippen LogP contribution in [-0.2, 0) is 13.0 Å². The molecule has 0 saturated heterocycles. The number of aliphatic hydroxyl groups is 1. The molecule has 0 fully saturated rings. The molecule has 2 heteroatoms. The number of benzene rings is 1. The third-order valence-electron chi connectivity index (χ3n) is 2.02. The van der Waals surface area contributed by atoms with Gasteiger partial charge in [-0.1, -0.05) is 24.3 Å². The second-order valence-corrected chi connectivity index (χ2v) is 3.53. The van der Waals surface area contributed by atoms with Gasteiger partial charge in [0.05, 0.1) is 6.61 Å². The molecule has 0 aliphatic rings. The number of rotatable bonds is 4. The van der Waals surface area contributed by atoms with Gasteiger partial charge in [-0.2, -0.15) is 0 Å². The molecule has 1 aromatic carbocycles. The standard InChI is InChI=1S/C11H17NO/c1-12(2)7-6-10-4-3-5-11(8-10)9-13/h3-5,8,13H,6-7,9H2,1-2H3. The Morgan fingerprint density at radius 1 is 1.23 bits per heavy atom. The molecule has 0 saturated carbocycles. The van der Waals surface area contributed by atoms with Crippen LogP contribution < -0.4 is 0 Å². The lowest BCUT2D eigenvalue weighted by Crippen LogP contribution is -2.15. The molecule has 0 unspecified atom stereocenters. The van der Waals surface area contributed by atoms with E-state index in [1.807, 2.05) is 12.1 Å². The minimum Gasteiger partial charge on any atom is -0.392 e. The van der Waals surface area contributed by atoms with Gasteiger partial charge in [-0.05, 0) is 31.6 Å². The van der Waals surface area contributed by atoms with Crippen molar-refractivity contribution in [3.05, 3.63) is 35.4 Å². The van der Waals surface area contributed by atoms with Crippen LogP contribution in [0, 0.1) is 0 Å². The summed E-state index contributed by atoms with van der Waals surface area (Å²) in [5.74, 6) is 0. The van der Waals surface area contributed by atoms with E-state index in [-0.39, 0.29) is 6.61 Å². The van der Waals surface area contributed by atoms with Gasteiger partial charge in [-0.25, -0.2) is 0 Å². The van der Waals surface area contributed by atoms with Crippen molar-refractivity contribution in [2.75, 3.05) is 20.6 Å². The predicted molar refractivity (Wildman–Crippen MR) is 54.6 cm³/mol. The van der Waals surface area contributed by atoms with Crippen LogP contribution in [-0.4, -0.2) is 30.6 Å². The average Bonchev–Trinajstić information content (AvgIpc) is 2.15. The van der Waals surface area contributed by atoms with Gasteiger partial charge < -0.3 is 10.0 Å². The lowest BCUT2D eigenvalue weighted by molar-refractivity contribution is 0.281. The maximum Gasteiger partial charge on any atom is 0.0681 e. The minimum atomic E-state index is 0.135. The van der Waals surface area contributed by atoms with E-state index >= 15 is 0 Å². The lowest BCUT2D eigenvalue weighted by Gasteiger charge is -2.09. The van der Waals surface area contributed by atoms with Crippen LogP contribution in [0.1, 0.15) is 11.1 Å². The molecular weight excluding hydrogens is 162 g/mol. The van der Waals surface area contributed by atoms with E-state index in [9.17, 15) is 0 Å². The second kappa shape index (κ2) is 5.00. The van der Waals surface area contributed by atoms with Crippen LogP contribution in [0.2, 0.25) is 0 Å². The van der Waals surface area contributed by atoms with Gasteiger partial charge >= 0.3 is 0 Å². The Morgan fingerprint density at radius 2 is 1.92 bits per heavy atom. The molecule has 1 aromatic rings. The maximum absolute atomic E-state index is 8.93. The van der Waals surface area contributed by atoms with E-state index in [1.54, 1.807) is 0 Å². The number of likely N-dealkylation sites (N-methyl/N-ethyl adjacent to an activating group) is 1. The molecule has 1 rings (SSSR count). The Kier molecular flexibility index (Phi) is 3.93. The maximum atomic E-state index is 8.93. The fourth-order valence-corrected chi connectivity index (χ4v) is 1.24. The molecule has 0 aliphatic heterocycles. The van der Waals surface area contributed by atoms with E-state index in [2.05, 4.69) is 31.1 Å². The molecule has 0 spiro atoms. The molecule has 0 bridgehead atoms. The summed E-state index contributed by atoms with van der Waals surface area (Å²) >= 11 is 0. The van der Waals surface area contributed by atoms with Crippen molar-refractivity contribution < 1.29 is 5.11 Å². The number of nitrogens with zero attached hydrogens (tertiary/aromatic N) is 1. The quantitative estimate of drug-likeness (QED) is 0.752. The lowest BCUT2D eigenvalue weighted by atomic mass is 10.1. The highest BCUT2D eigenvalue weighted by molar-refractivity contribution is 5.23. The fourth-order valence-electron chi connectivity index (χ4n) is 1.24. The van der Waals surface area contributed by atoms with Crippen molar-refractivity contribution in [3.63, 3.8) is 0 Å². The fraction of sp³-hybridized carbons (Fsp3) is 0.455. The van der Waals surface area contributed by atoms with Gasteiger partial charge in [0.2, 0.25) is 0 Å². The van der Waals surface area contributed by atoms with E-state index in [0.717, 1.165) is 18.5 Å². The second-order valence-electron chi connectivity index (χ2n) is 3.53. The summed E-state index contributed by atoms with van der Waals surface area (Å²) in [5.41, 5.74) is 2.29. The highest BCUT2D eigenvalue weighted by Gasteiger charge is 1.96. The summed E-state index contributed by atoms with van der Waals surface area (Å²) in [6.45, 7) is 1.19. The van der Waals surface area contributed by atoms with Crippen LogP contribution in [0.15, 0.2) is 24.3 Å². The predicted octanol–water partition coefficient (Wildman–Crippen LogP) is 1.28. The molecule has 0 amide bonds. The molecule has 0 aliphatic carbocycles. The third-order valence-corrected chi connectivity index (χ3v) is 2.02. The Morgan fingerprint density at radius 3 is 2.54 bits per heavy atom. The molecule has 0 aromatic heterocycles. The molecule has 0 radical (unpaired) electrons. The van der Waals surface area contributed by atoms with Gasteiger partial charge in [0.15, 0.2) is 0 Å². The van der Waals surface area contributed by atoms with Crippen LogP contribution in [0.3, 0.4) is 0 Å². The van der Waals surface area contributed by atoms with Gasteiger partial charge in [0, 0.05) is 6.54 Å². The molecule has 0 heterocycles. The summed E-state index contributed by atoms with van der Waals surface area (Å²) in [7, 11) is 4.13. The van der Waals surface area contributed by atoms with Crippen LogP contribution in [0.4, 0.5) is 0 Å². The first-order chi connectivity index (χ1) is 6.22. The van der Waals surface area contributed by atoms with Crippen molar-refractivity contribution in [3.8, 4) is 0 Å². The highest BCUT2D eigenvalue weighted by Crippen LogP contribution is 2.05. The molecule has 0 atom stereocenters. The Balaban J connectivity index is 2.56. The Hall–Kier alpha value is -0.860. The van der Waals surface area contributed by atoms with Crippen LogP contribution in [0.25, 0.3) is 0 Å². The summed E-state index contributed by atoms with van der Waals surface area (Å²) in [4.78, 5) is 2.16. The topological polar surface area (TPSA) is 23.5 Å². The Bertz CT molecular complexity index is 258. The zero-order chi connectivity index (χ0) is 9.68. The van der Waals surface area contributed by atoms with E-state index in [0.29, 0.717) is 0 Å². The van der Waals surface area contributed by atoms with Crippen LogP contribution >= 0.6 is 0 Å². The first kappa shape index (κ1) is 10.2. The van der Waals surface area contributed by atoms with Crippen molar-refractivity contribution in [2.45, 2.75) is 13.0 Å². The molecule has 13 heavy (non-hydrogen) atoms. The molecule has 2 nitrogen and oxygen atoms in total. The van der Waals surface area contributed by atoms with Gasteiger partial charge in [0.1, 0.15) is 0 Å². The smallest absolute Gasteiger partial charge is 0.0681 e. The summed E-state index contributed by atoms with van der Waals surface area (Å²) < 4.78 is 0. The SMILES string of the molecule is CN(C)CCc1cccc(CO)c1. The number of hydrogen-bond acceptors (Lipinski definition) is 2. The summed E-state index contributed by atoms with van der Waals surface area (Å²) in [6, 6.07) is 8.10. The van der Waals surface area contributed by atoms with Crippen LogP contribution in [0.5, 0.6) is 0 Å². The van der Waals surface area contributed by atoms with Crippen molar-refractivity contribution >= 4 is 0 Å². The average molecular weight is 179 g/mol. The molecule has 72 valence electrons. The third kappa shape index (κ3) is 3.57. The normalized spacial score (nSPS) is 10.8. The zero-order valence-corrected chi connectivity index (χ0v) is 8.33. The monoisotopic (exact) mass is 179 g/mol. The largest absolute Gasteiger partial charge is 0.392 e. The van der Waals surface area contributed by atoms with E-state index in [1.165, 1.54) is 5.56 Å². The summed E-state index contributed by atoms with van der Waals surface area (Å²) in [5, 5.41) is 8.93. The highest BCUT2D eigenvalue weighted by atomic mass is 16.3. The zero-order valence-electron chi connectivity index (χ0n) is 8.33.